The summed E-state index contributed by atoms with van der Waals surface area (Å²) in [5, 5.41) is 9.28. The van der Waals surface area contributed by atoms with E-state index in [1.54, 1.807) is 0 Å². The molecule has 1 atom stereocenters. The summed E-state index contributed by atoms with van der Waals surface area (Å²) in [5.74, 6) is -0.912. The van der Waals surface area contributed by atoms with Crippen molar-refractivity contribution in [3.8, 4) is 0 Å². The average Bonchev–Trinajstić information content (AvgIpc) is 2.34. The Bertz CT molecular complexity index is 264. The van der Waals surface area contributed by atoms with Crippen molar-refractivity contribution in [3.05, 3.63) is 0 Å². The molecule has 0 saturated carbocycles. The van der Waals surface area contributed by atoms with E-state index in [4.69, 9.17) is 13.6 Å². The van der Waals surface area contributed by atoms with Gasteiger partial charge in [-0.1, -0.05) is 19.2 Å². The van der Waals surface area contributed by atoms with Crippen LogP contribution < -0.4 is 5.73 Å². The maximum Gasteiger partial charge on any atom is 0.323 e. The van der Waals surface area contributed by atoms with Crippen molar-refractivity contribution < 1.29 is 9.90 Å². The van der Waals surface area contributed by atoms with Crippen molar-refractivity contribution in [2.45, 2.75) is 37.5 Å². The van der Waals surface area contributed by atoms with E-state index >= 15 is 0 Å². The Morgan fingerprint density at radius 2 is 1.79 bits per heavy atom. The number of carboxylic acid groups (broad SMARTS) is 1. The molecule has 5 nitrogen and oxygen atoms in total. The first-order valence-corrected chi connectivity index (χ1v) is 6.87. The van der Waals surface area contributed by atoms with E-state index < -0.39 is 11.5 Å². The summed E-state index contributed by atoms with van der Waals surface area (Å²) >= 11 is 0. The molecule has 19 heavy (non-hydrogen) atoms. The first-order chi connectivity index (χ1) is 8.81. The SMILES string of the molecule is [B]CCCCC(N)(CCN(C)CCN(C)C)C(=O)O. The molecular formula is C13H28BN3O2. The average molecular weight is 269 g/mol. The zero-order valence-corrected chi connectivity index (χ0v) is 12.6. The Balaban J connectivity index is 4.15. The first-order valence-electron chi connectivity index (χ1n) is 6.87. The number of likely N-dealkylation sites (N-methyl/N-ethyl adjacent to an activating group) is 2. The highest BCUT2D eigenvalue weighted by Gasteiger charge is 2.33. The maximum absolute atomic E-state index is 11.3. The topological polar surface area (TPSA) is 69.8 Å². The molecule has 0 amide bonds. The van der Waals surface area contributed by atoms with Crippen molar-refractivity contribution >= 4 is 13.8 Å². The molecule has 6 heteroatoms. The molecule has 0 bridgehead atoms. The molecular weight excluding hydrogens is 241 g/mol. The molecule has 0 aromatic carbocycles. The smallest absolute Gasteiger partial charge is 0.323 e. The van der Waals surface area contributed by atoms with Gasteiger partial charge in [0.05, 0.1) is 7.85 Å². The van der Waals surface area contributed by atoms with Crippen LogP contribution in [0.25, 0.3) is 0 Å². The second-order valence-electron chi connectivity index (χ2n) is 5.56. The Hall–Kier alpha value is -0.585. The van der Waals surface area contributed by atoms with Crippen LogP contribution in [0.4, 0.5) is 0 Å². The number of nitrogens with zero attached hydrogens (tertiary/aromatic N) is 2. The minimum Gasteiger partial charge on any atom is -0.480 e. The van der Waals surface area contributed by atoms with Crippen LogP contribution in [0.15, 0.2) is 0 Å². The third-order valence-corrected chi connectivity index (χ3v) is 3.37. The lowest BCUT2D eigenvalue weighted by atomic mass is 9.88. The molecule has 0 rings (SSSR count). The summed E-state index contributed by atoms with van der Waals surface area (Å²) in [6.45, 7) is 2.55. The third-order valence-electron chi connectivity index (χ3n) is 3.37. The molecule has 2 radical (unpaired) electrons. The molecule has 110 valence electrons. The molecule has 3 N–H and O–H groups in total. The molecule has 0 aromatic rings. The van der Waals surface area contributed by atoms with Crippen LogP contribution in [-0.4, -0.2) is 75.0 Å². The zero-order chi connectivity index (χ0) is 14.9. The molecule has 0 aliphatic heterocycles. The van der Waals surface area contributed by atoms with Crippen LogP contribution in [0.2, 0.25) is 6.32 Å². The van der Waals surface area contributed by atoms with Gasteiger partial charge in [0.2, 0.25) is 0 Å². The summed E-state index contributed by atoms with van der Waals surface area (Å²) in [5.41, 5.74) is 4.88. The Kier molecular flexibility index (Phi) is 9.05. The van der Waals surface area contributed by atoms with E-state index in [9.17, 15) is 9.90 Å². The number of hydrogen-bond acceptors (Lipinski definition) is 4. The largest absolute Gasteiger partial charge is 0.480 e. The van der Waals surface area contributed by atoms with Gasteiger partial charge in [-0.2, -0.15) is 0 Å². The molecule has 0 saturated heterocycles. The van der Waals surface area contributed by atoms with E-state index in [1.807, 2.05) is 21.1 Å². The lowest BCUT2D eigenvalue weighted by Crippen LogP contribution is -2.50. The summed E-state index contributed by atoms with van der Waals surface area (Å²) in [6.07, 6.45) is 3.12. The van der Waals surface area contributed by atoms with E-state index in [-0.39, 0.29) is 0 Å². The van der Waals surface area contributed by atoms with Gasteiger partial charge in [0, 0.05) is 19.6 Å². The second-order valence-corrected chi connectivity index (χ2v) is 5.56. The number of hydrogen-bond donors (Lipinski definition) is 2. The second kappa shape index (κ2) is 9.34. The van der Waals surface area contributed by atoms with Gasteiger partial charge in [0.15, 0.2) is 0 Å². The minimum atomic E-state index is -1.12. The summed E-state index contributed by atoms with van der Waals surface area (Å²) in [6, 6.07) is 0. The van der Waals surface area contributed by atoms with Crippen LogP contribution in [0.5, 0.6) is 0 Å². The molecule has 0 fully saturated rings. The number of carboxylic acids is 1. The van der Waals surface area contributed by atoms with E-state index in [0.29, 0.717) is 25.7 Å². The van der Waals surface area contributed by atoms with Gasteiger partial charge < -0.3 is 20.6 Å². The van der Waals surface area contributed by atoms with Crippen molar-refractivity contribution in [3.63, 3.8) is 0 Å². The van der Waals surface area contributed by atoms with E-state index in [1.165, 1.54) is 0 Å². The number of carbonyl (C=O) groups is 1. The minimum absolute atomic E-state index is 0.469. The number of nitrogens with two attached hydrogens (primary N) is 1. The normalized spacial score (nSPS) is 14.8. The number of unbranched alkanes of at least 4 members (excludes halogenated alkanes) is 1. The highest BCUT2D eigenvalue weighted by Crippen LogP contribution is 2.17. The summed E-state index contributed by atoms with van der Waals surface area (Å²) in [4.78, 5) is 15.5. The van der Waals surface area contributed by atoms with Crippen LogP contribution >= 0.6 is 0 Å². The van der Waals surface area contributed by atoms with Crippen molar-refractivity contribution in [1.29, 1.82) is 0 Å². The first kappa shape index (κ1) is 18.4. The van der Waals surface area contributed by atoms with Gasteiger partial charge in [-0.3, -0.25) is 4.79 Å². The van der Waals surface area contributed by atoms with Gasteiger partial charge in [-0.25, -0.2) is 0 Å². The standard InChI is InChI=1S/C13H28BN3O2/c1-16(2)10-11-17(3)9-7-13(15,12(18)19)6-4-5-8-14/h4-11,15H2,1-3H3,(H,18,19). The molecule has 0 heterocycles. The quantitative estimate of drug-likeness (QED) is 0.420. The highest BCUT2D eigenvalue weighted by molar-refractivity contribution is 6.08. The predicted octanol–water partition coefficient (Wildman–Crippen LogP) is 0.409. The van der Waals surface area contributed by atoms with Gasteiger partial charge in [-0.15, -0.1) is 0 Å². The van der Waals surface area contributed by atoms with Crippen LogP contribution in [0, 0.1) is 0 Å². The van der Waals surface area contributed by atoms with Crippen LogP contribution in [0.1, 0.15) is 25.7 Å². The molecule has 0 aliphatic rings. The number of rotatable bonds is 11. The summed E-state index contributed by atoms with van der Waals surface area (Å²) < 4.78 is 0. The fourth-order valence-electron chi connectivity index (χ4n) is 1.80. The Labute approximate surface area is 118 Å². The van der Waals surface area contributed by atoms with Gasteiger partial charge in [0.1, 0.15) is 5.54 Å². The lowest BCUT2D eigenvalue weighted by Gasteiger charge is -2.28. The lowest BCUT2D eigenvalue weighted by molar-refractivity contribution is -0.144. The highest BCUT2D eigenvalue weighted by atomic mass is 16.4. The van der Waals surface area contributed by atoms with Crippen LogP contribution in [0.3, 0.4) is 0 Å². The Morgan fingerprint density at radius 3 is 2.26 bits per heavy atom. The number of aliphatic carboxylic acids is 1. The molecule has 0 spiro atoms. The fraction of sp³-hybridized carbons (Fsp3) is 0.923. The molecule has 1 unspecified atom stereocenters. The zero-order valence-electron chi connectivity index (χ0n) is 12.6. The molecule has 0 aromatic heterocycles. The monoisotopic (exact) mass is 269 g/mol. The predicted molar refractivity (Wildman–Crippen MR) is 79.6 cm³/mol. The van der Waals surface area contributed by atoms with Gasteiger partial charge >= 0.3 is 5.97 Å². The van der Waals surface area contributed by atoms with Crippen molar-refractivity contribution in [1.82, 2.24) is 9.80 Å². The third kappa shape index (κ3) is 8.24. The van der Waals surface area contributed by atoms with E-state index in [2.05, 4.69) is 9.80 Å². The maximum atomic E-state index is 11.3. The van der Waals surface area contributed by atoms with Gasteiger partial charge in [0.25, 0.3) is 0 Å². The Morgan fingerprint density at radius 1 is 1.16 bits per heavy atom. The summed E-state index contributed by atoms with van der Waals surface area (Å²) in [7, 11) is 11.5. The van der Waals surface area contributed by atoms with Gasteiger partial charge in [-0.05, 0) is 34.0 Å². The van der Waals surface area contributed by atoms with E-state index in [0.717, 1.165) is 25.9 Å². The van der Waals surface area contributed by atoms with Crippen LogP contribution in [-0.2, 0) is 4.79 Å². The fourth-order valence-corrected chi connectivity index (χ4v) is 1.80. The molecule has 0 aliphatic carbocycles. The van der Waals surface area contributed by atoms with Crippen molar-refractivity contribution in [2.75, 3.05) is 40.8 Å². The van der Waals surface area contributed by atoms with Crippen molar-refractivity contribution in [2.24, 2.45) is 5.73 Å².